The molecule has 0 amide bonds. The lowest BCUT2D eigenvalue weighted by Gasteiger charge is -2.25. The Morgan fingerprint density at radius 2 is 2.03 bits per heavy atom. The second kappa shape index (κ2) is 9.04. The molecule has 1 aromatic carbocycles. The maximum Gasteiger partial charge on any atom is 0.391 e. The predicted octanol–water partition coefficient (Wildman–Crippen LogP) is 2.25. The predicted molar refractivity (Wildman–Crippen MR) is 119 cm³/mol. The number of rotatable bonds is 7. The molecule has 3 N–H and O–H groups in total. The third-order valence-corrected chi connectivity index (χ3v) is 7.47. The van der Waals surface area contributed by atoms with Gasteiger partial charge in [0.05, 0.1) is 29.4 Å². The summed E-state index contributed by atoms with van der Waals surface area (Å²) in [4.78, 5) is 12.9. The number of alkyl halides is 3. The highest BCUT2D eigenvalue weighted by Crippen LogP contribution is 2.51. The highest BCUT2D eigenvalue weighted by atomic mass is 32.2. The normalized spacial score (nSPS) is 19.1. The fourth-order valence-corrected chi connectivity index (χ4v) is 5.17. The first-order valence-electron chi connectivity index (χ1n) is 9.66. The number of nitrogens with zero attached hydrogens (tertiary/aromatic N) is 3. The summed E-state index contributed by atoms with van der Waals surface area (Å²) in [6.07, 6.45) is -3.08. The molecule has 1 aromatic heterocycles. The molecule has 0 fully saturated rings. The van der Waals surface area contributed by atoms with Gasteiger partial charge in [-0.3, -0.25) is 14.1 Å². The Morgan fingerprint density at radius 1 is 1.35 bits per heavy atom. The van der Waals surface area contributed by atoms with E-state index >= 15 is 0 Å². The van der Waals surface area contributed by atoms with Crippen LogP contribution in [0.1, 0.15) is 18.9 Å². The van der Waals surface area contributed by atoms with Gasteiger partial charge in [0.25, 0.3) is 5.56 Å². The SMILES string of the molecule is COP1(=O)N=C(c2c(O)cnn(CCC(C)C(F)(F)F)c2=O)Nc2ccc(NS(C)(=O)=O)cc21. The monoisotopic (exact) mass is 523 g/mol. The van der Waals surface area contributed by atoms with Crippen LogP contribution in [-0.4, -0.2) is 48.7 Å². The first-order chi connectivity index (χ1) is 15.6. The number of hydrogen-bond donors (Lipinski definition) is 3. The van der Waals surface area contributed by atoms with Crippen molar-refractivity contribution in [3.05, 3.63) is 40.3 Å². The molecule has 2 heterocycles. The maximum atomic E-state index is 13.4. The minimum atomic E-state index is -4.45. The van der Waals surface area contributed by atoms with Crippen molar-refractivity contribution in [1.82, 2.24) is 9.78 Å². The van der Waals surface area contributed by atoms with Crippen molar-refractivity contribution in [3.8, 4) is 5.75 Å². The number of amidine groups is 1. The van der Waals surface area contributed by atoms with Crippen LogP contribution in [0.4, 0.5) is 24.5 Å². The van der Waals surface area contributed by atoms with Crippen LogP contribution in [0.15, 0.2) is 34.0 Å². The van der Waals surface area contributed by atoms with E-state index in [1.165, 1.54) is 18.2 Å². The van der Waals surface area contributed by atoms with Gasteiger partial charge in [0.1, 0.15) is 5.56 Å². The number of halogens is 3. The van der Waals surface area contributed by atoms with E-state index < -0.39 is 52.9 Å². The van der Waals surface area contributed by atoms with E-state index in [1.807, 2.05) is 0 Å². The first-order valence-corrected chi connectivity index (χ1v) is 13.1. The van der Waals surface area contributed by atoms with Gasteiger partial charge in [-0.15, -0.1) is 0 Å². The lowest BCUT2D eigenvalue weighted by atomic mass is 10.1. The molecule has 0 bridgehead atoms. The number of nitrogens with one attached hydrogen (secondary N) is 2. The number of aromatic hydroxyl groups is 1. The van der Waals surface area contributed by atoms with E-state index in [-0.39, 0.29) is 29.1 Å². The Labute approximate surface area is 192 Å². The molecule has 0 saturated heterocycles. The van der Waals surface area contributed by atoms with Crippen LogP contribution in [0, 0.1) is 5.92 Å². The van der Waals surface area contributed by atoms with Gasteiger partial charge in [0, 0.05) is 19.3 Å². The number of sulfonamides is 1. The van der Waals surface area contributed by atoms with Gasteiger partial charge in [-0.2, -0.15) is 23.0 Å². The van der Waals surface area contributed by atoms with Gasteiger partial charge < -0.3 is 14.9 Å². The number of aryl methyl sites for hydroxylation is 1. The van der Waals surface area contributed by atoms with Crippen LogP contribution < -0.4 is 20.9 Å². The van der Waals surface area contributed by atoms with Gasteiger partial charge >= 0.3 is 13.7 Å². The fourth-order valence-electron chi connectivity index (χ4n) is 3.08. The number of hydrogen-bond acceptors (Lipinski definition) is 8. The summed E-state index contributed by atoms with van der Waals surface area (Å²) in [6.45, 7) is 0.580. The second-order valence-corrected chi connectivity index (χ2v) is 11.4. The molecule has 3 rings (SSSR count). The first kappa shape index (κ1) is 25.7. The molecule has 1 aliphatic heterocycles. The fraction of sp³-hybridized carbons (Fsp3) is 0.389. The molecule has 0 radical (unpaired) electrons. The van der Waals surface area contributed by atoms with E-state index in [1.54, 1.807) is 0 Å². The van der Waals surface area contributed by atoms with E-state index in [9.17, 15) is 36.1 Å². The molecule has 2 unspecified atom stereocenters. The van der Waals surface area contributed by atoms with Gasteiger partial charge in [-0.25, -0.2) is 13.1 Å². The van der Waals surface area contributed by atoms with Gasteiger partial charge in [0.2, 0.25) is 10.0 Å². The van der Waals surface area contributed by atoms with Crippen LogP contribution in [0.3, 0.4) is 0 Å². The van der Waals surface area contributed by atoms with E-state index in [0.717, 1.165) is 31.2 Å². The smallest absolute Gasteiger partial charge is 0.391 e. The van der Waals surface area contributed by atoms with Crippen molar-refractivity contribution in [3.63, 3.8) is 0 Å². The third kappa shape index (κ3) is 5.42. The zero-order valence-electron chi connectivity index (χ0n) is 18.1. The van der Waals surface area contributed by atoms with Crippen LogP contribution in [0.25, 0.3) is 0 Å². The summed E-state index contributed by atoms with van der Waals surface area (Å²) < 4.78 is 86.9. The van der Waals surface area contributed by atoms with Crippen molar-refractivity contribution in [2.24, 2.45) is 10.7 Å². The molecule has 34 heavy (non-hydrogen) atoms. The molecular formula is C18H21F3N5O6PS. The summed E-state index contributed by atoms with van der Waals surface area (Å²) in [6, 6.07) is 3.97. The number of benzene rings is 1. The standard InChI is InChI=1S/C18H21F3N5O6PS/c1-10(18(19,20)21)6-7-26-17(28)15(13(27)9-22-26)16-23-12-5-4-11(25-34(3,30)31)8-14(12)33(29,24-16)32-2/h4-5,8-10,25,27H,6-7H2,1-3H3,(H,23,24,29). The lowest BCUT2D eigenvalue weighted by Crippen LogP contribution is -2.35. The molecule has 0 saturated carbocycles. The Balaban J connectivity index is 2.03. The molecule has 16 heteroatoms. The summed E-state index contributed by atoms with van der Waals surface area (Å²) in [7, 11) is -6.58. The summed E-state index contributed by atoms with van der Waals surface area (Å²) >= 11 is 0. The van der Waals surface area contributed by atoms with E-state index in [0.29, 0.717) is 0 Å². The second-order valence-electron chi connectivity index (χ2n) is 7.55. The van der Waals surface area contributed by atoms with Crippen molar-refractivity contribution >= 4 is 40.1 Å². The topological polar surface area (TPSA) is 152 Å². The van der Waals surface area contributed by atoms with E-state index in [2.05, 4.69) is 19.9 Å². The molecule has 0 aliphatic carbocycles. The molecular weight excluding hydrogens is 502 g/mol. The zero-order chi connectivity index (χ0) is 25.5. The third-order valence-electron chi connectivity index (χ3n) is 4.93. The highest BCUT2D eigenvalue weighted by Gasteiger charge is 2.37. The minimum Gasteiger partial charge on any atom is -0.505 e. The van der Waals surface area contributed by atoms with Crippen molar-refractivity contribution in [2.75, 3.05) is 23.4 Å². The average Bonchev–Trinajstić information content (AvgIpc) is 2.71. The van der Waals surface area contributed by atoms with E-state index in [4.69, 9.17) is 4.52 Å². The Bertz CT molecular complexity index is 1360. The molecule has 186 valence electrons. The van der Waals surface area contributed by atoms with Crippen molar-refractivity contribution in [2.45, 2.75) is 26.1 Å². The maximum absolute atomic E-state index is 13.4. The van der Waals surface area contributed by atoms with Gasteiger partial charge in [-0.05, 0) is 24.6 Å². The summed E-state index contributed by atoms with van der Waals surface area (Å²) in [5, 5.41) is 16.7. The minimum absolute atomic E-state index is 0.000253. The number of anilines is 2. The molecule has 11 nitrogen and oxygen atoms in total. The molecule has 1 aliphatic rings. The summed E-state index contributed by atoms with van der Waals surface area (Å²) in [5.74, 6) is -2.68. The van der Waals surface area contributed by atoms with Gasteiger partial charge in [-0.1, -0.05) is 6.92 Å². The molecule has 0 spiro atoms. The summed E-state index contributed by atoms with van der Waals surface area (Å²) in [5.41, 5.74) is -1.17. The van der Waals surface area contributed by atoms with Crippen molar-refractivity contribution < 1.29 is 35.8 Å². The zero-order valence-corrected chi connectivity index (χ0v) is 19.8. The Kier molecular flexibility index (Phi) is 6.84. The highest BCUT2D eigenvalue weighted by molar-refractivity contribution is 7.92. The Morgan fingerprint density at radius 3 is 2.62 bits per heavy atom. The Hall–Kier alpha value is -2.90. The lowest BCUT2D eigenvalue weighted by molar-refractivity contribution is -0.171. The number of fused-ring (bicyclic) bond motifs is 1. The van der Waals surface area contributed by atoms with Gasteiger partial charge in [0.15, 0.2) is 11.6 Å². The average molecular weight is 523 g/mol. The van der Waals surface area contributed by atoms with Crippen LogP contribution >= 0.6 is 7.52 Å². The van der Waals surface area contributed by atoms with Crippen LogP contribution in [0.5, 0.6) is 5.75 Å². The number of aromatic nitrogens is 2. The van der Waals surface area contributed by atoms with Crippen molar-refractivity contribution in [1.29, 1.82) is 0 Å². The molecule has 2 atom stereocenters. The van der Waals surface area contributed by atoms with Crippen LogP contribution in [-0.2, 0) is 25.7 Å². The quantitative estimate of drug-likeness (QED) is 0.468. The van der Waals surface area contributed by atoms with Crippen LogP contribution in [0.2, 0.25) is 0 Å². The largest absolute Gasteiger partial charge is 0.505 e. The molecule has 2 aromatic rings.